The highest BCUT2D eigenvalue weighted by Gasteiger charge is 2.08. The number of hydrogen-bond acceptors (Lipinski definition) is 4. The van der Waals surface area contributed by atoms with Crippen LogP contribution >= 0.6 is 0 Å². The summed E-state index contributed by atoms with van der Waals surface area (Å²) >= 11 is 0. The van der Waals surface area contributed by atoms with Crippen molar-refractivity contribution in [2.75, 3.05) is 17.6 Å². The summed E-state index contributed by atoms with van der Waals surface area (Å²) in [5.74, 6) is -1.52. The van der Waals surface area contributed by atoms with Crippen molar-refractivity contribution < 1.29 is 14.0 Å². The van der Waals surface area contributed by atoms with Crippen LogP contribution in [0.5, 0.6) is 0 Å². The molecule has 2 amide bonds. The molecule has 0 spiro atoms. The Bertz CT molecular complexity index is 658. The third-order valence-electron chi connectivity index (χ3n) is 2.56. The van der Waals surface area contributed by atoms with E-state index in [1.54, 1.807) is 24.3 Å². The normalized spacial score (nSPS) is 9.95. The molecule has 108 valence electrons. The number of nitrogens with one attached hydrogen (secondary N) is 2. The van der Waals surface area contributed by atoms with Crippen LogP contribution in [0.3, 0.4) is 0 Å². The smallest absolute Gasteiger partial charge is 0.251 e. The maximum absolute atomic E-state index is 12.8. The zero-order valence-electron chi connectivity index (χ0n) is 11.0. The van der Waals surface area contributed by atoms with E-state index in [9.17, 15) is 14.0 Å². The standard InChI is InChI=1S/C14H13FN4O2/c15-11-2-1-3-12(18-11)19-13(20)8-17-14(21)9-4-6-10(16)7-5-9/h1-7H,8,16H2,(H,17,21)(H,18,19,20). The lowest BCUT2D eigenvalue weighted by atomic mass is 10.2. The number of halogens is 1. The van der Waals surface area contributed by atoms with Gasteiger partial charge >= 0.3 is 0 Å². The van der Waals surface area contributed by atoms with Crippen LogP contribution in [-0.4, -0.2) is 23.3 Å². The van der Waals surface area contributed by atoms with E-state index in [2.05, 4.69) is 15.6 Å². The molecule has 0 aliphatic rings. The van der Waals surface area contributed by atoms with Crippen molar-refractivity contribution >= 4 is 23.3 Å². The number of amides is 2. The van der Waals surface area contributed by atoms with Gasteiger partial charge in [-0.2, -0.15) is 4.39 Å². The Labute approximate surface area is 120 Å². The highest BCUT2D eigenvalue weighted by atomic mass is 19.1. The molecule has 0 aliphatic heterocycles. The van der Waals surface area contributed by atoms with Crippen molar-refractivity contribution in [3.05, 3.63) is 54.0 Å². The number of nitrogen functional groups attached to an aromatic ring is 1. The first kappa shape index (κ1) is 14.4. The van der Waals surface area contributed by atoms with Gasteiger partial charge in [0.05, 0.1) is 6.54 Å². The quantitative estimate of drug-likeness (QED) is 0.581. The molecule has 0 atom stereocenters. The maximum atomic E-state index is 12.8. The van der Waals surface area contributed by atoms with Crippen molar-refractivity contribution in [3.8, 4) is 0 Å². The Hall–Kier alpha value is -2.96. The van der Waals surface area contributed by atoms with Crippen LogP contribution < -0.4 is 16.4 Å². The summed E-state index contributed by atoms with van der Waals surface area (Å²) < 4.78 is 12.8. The van der Waals surface area contributed by atoms with E-state index in [0.717, 1.165) is 0 Å². The number of hydrogen-bond donors (Lipinski definition) is 3. The second-order valence-corrected chi connectivity index (χ2v) is 4.20. The maximum Gasteiger partial charge on any atom is 0.251 e. The molecule has 2 aromatic rings. The number of rotatable bonds is 4. The average molecular weight is 288 g/mol. The molecule has 0 fully saturated rings. The van der Waals surface area contributed by atoms with Gasteiger partial charge in [0.1, 0.15) is 5.82 Å². The van der Waals surface area contributed by atoms with E-state index in [-0.39, 0.29) is 12.4 Å². The molecular formula is C14H13FN4O2. The third kappa shape index (κ3) is 4.27. The van der Waals surface area contributed by atoms with Crippen molar-refractivity contribution in [2.45, 2.75) is 0 Å². The van der Waals surface area contributed by atoms with Crippen molar-refractivity contribution in [2.24, 2.45) is 0 Å². The lowest BCUT2D eigenvalue weighted by molar-refractivity contribution is -0.115. The molecule has 7 heteroatoms. The highest BCUT2D eigenvalue weighted by molar-refractivity contribution is 5.99. The average Bonchev–Trinajstić information content (AvgIpc) is 2.45. The molecule has 0 aliphatic carbocycles. The van der Waals surface area contributed by atoms with Gasteiger partial charge < -0.3 is 16.4 Å². The Morgan fingerprint density at radius 2 is 1.86 bits per heavy atom. The van der Waals surface area contributed by atoms with Gasteiger partial charge in [-0.25, -0.2) is 4.98 Å². The SMILES string of the molecule is Nc1ccc(C(=O)NCC(=O)Nc2cccc(F)n2)cc1. The molecule has 0 unspecified atom stereocenters. The minimum absolute atomic E-state index is 0.0849. The largest absolute Gasteiger partial charge is 0.399 e. The zero-order valence-corrected chi connectivity index (χ0v) is 11.0. The van der Waals surface area contributed by atoms with Crippen LogP contribution in [0.4, 0.5) is 15.9 Å². The summed E-state index contributed by atoms with van der Waals surface area (Å²) in [4.78, 5) is 26.8. The van der Waals surface area contributed by atoms with Crippen molar-refractivity contribution in [3.63, 3.8) is 0 Å². The molecule has 0 saturated heterocycles. The summed E-state index contributed by atoms with van der Waals surface area (Å²) in [7, 11) is 0. The lowest BCUT2D eigenvalue weighted by Crippen LogP contribution is -2.33. The number of benzene rings is 1. The molecule has 21 heavy (non-hydrogen) atoms. The van der Waals surface area contributed by atoms with Crippen molar-refractivity contribution in [1.82, 2.24) is 10.3 Å². The first-order chi connectivity index (χ1) is 10.0. The number of carbonyl (C=O) groups excluding carboxylic acids is 2. The summed E-state index contributed by atoms with van der Waals surface area (Å²) in [6.45, 7) is -0.249. The van der Waals surface area contributed by atoms with Crippen LogP contribution in [-0.2, 0) is 4.79 Å². The Balaban J connectivity index is 1.86. The fraction of sp³-hybridized carbons (Fsp3) is 0.0714. The Morgan fingerprint density at radius 3 is 2.52 bits per heavy atom. The summed E-state index contributed by atoms with van der Waals surface area (Å²) in [6, 6.07) is 10.3. The Morgan fingerprint density at radius 1 is 1.14 bits per heavy atom. The van der Waals surface area contributed by atoms with E-state index in [1.807, 2.05) is 0 Å². The van der Waals surface area contributed by atoms with Crippen LogP contribution in [0.25, 0.3) is 0 Å². The fourth-order valence-electron chi connectivity index (χ4n) is 1.56. The van der Waals surface area contributed by atoms with Gasteiger partial charge in [-0.05, 0) is 36.4 Å². The summed E-state index contributed by atoms with van der Waals surface area (Å²) in [5, 5.41) is 4.81. The topological polar surface area (TPSA) is 97.1 Å². The van der Waals surface area contributed by atoms with Gasteiger partial charge in [0.2, 0.25) is 11.9 Å². The summed E-state index contributed by atoms with van der Waals surface area (Å²) in [6.07, 6.45) is 0. The Kier molecular flexibility index (Phi) is 4.45. The van der Waals surface area contributed by atoms with Gasteiger partial charge in [0.25, 0.3) is 5.91 Å². The first-order valence-corrected chi connectivity index (χ1v) is 6.11. The van der Waals surface area contributed by atoms with E-state index >= 15 is 0 Å². The fourth-order valence-corrected chi connectivity index (χ4v) is 1.56. The predicted molar refractivity (Wildman–Crippen MR) is 76.0 cm³/mol. The molecule has 0 bridgehead atoms. The molecule has 1 aromatic heterocycles. The zero-order chi connectivity index (χ0) is 15.2. The molecule has 0 radical (unpaired) electrons. The lowest BCUT2D eigenvalue weighted by Gasteiger charge is -2.06. The molecule has 2 rings (SSSR count). The van der Waals surface area contributed by atoms with Gasteiger partial charge in [0, 0.05) is 11.3 Å². The van der Waals surface area contributed by atoms with Gasteiger partial charge in [0.15, 0.2) is 0 Å². The summed E-state index contributed by atoms with van der Waals surface area (Å²) in [5.41, 5.74) is 6.45. The first-order valence-electron chi connectivity index (χ1n) is 6.11. The second-order valence-electron chi connectivity index (χ2n) is 4.20. The van der Waals surface area contributed by atoms with Crippen molar-refractivity contribution in [1.29, 1.82) is 0 Å². The number of anilines is 2. The van der Waals surface area contributed by atoms with E-state index in [1.165, 1.54) is 18.2 Å². The van der Waals surface area contributed by atoms with Gasteiger partial charge in [-0.1, -0.05) is 6.07 Å². The predicted octanol–water partition coefficient (Wildman–Crippen LogP) is 1.17. The van der Waals surface area contributed by atoms with Crippen LogP contribution in [0.1, 0.15) is 10.4 Å². The van der Waals surface area contributed by atoms with Gasteiger partial charge in [-0.3, -0.25) is 9.59 Å². The molecule has 1 heterocycles. The van der Waals surface area contributed by atoms with Crippen LogP contribution in [0.2, 0.25) is 0 Å². The number of nitrogens with zero attached hydrogens (tertiary/aromatic N) is 1. The van der Waals surface area contributed by atoms with E-state index in [4.69, 9.17) is 5.73 Å². The number of aromatic nitrogens is 1. The highest BCUT2D eigenvalue weighted by Crippen LogP contribution is 2.05. The van der Waals surface area contributed by atoms with Crippen LogP contribution in [0.15, 0.2) is 42.5 Å². The van der Waals surface area contributed by atoms with Gasteiger partial charge in [-0.15, -0.1) is 0 Å². The van der Waals surface area contributed by atoms with E-state index < -0.39 is 17.8 Å². The number of carbonyl (C=O) groups is 2. The molecule has 1 aromatic carbocycles. The monoisotopic (exact) mass is 288 g/mol. The minimum atomic E-state index is -0.696. The molecular weight excluding hydrogens is 275 g/mol. The molecule has 4 N–H and O–H groups in total. The van der Waals surface area contributed by atoms with E-state index in [0.29, 0.717) is 11.3 Å². The molecule has 0 saturated carbocycles. The minimum Gasteiger partial charge on any atom is -0.399 e. The third-order valence-corrected chi connectivity index (χ3v) is 2.56. The second kappa shape index (κ2) is 6.47. The number of nitrogens with two attached hydrogens (primary N) is 1. The number of pyridine rings is 1. The van der Waals surface area contributed by atoms with Crippen LogP contribution in [0, 0.1) is 5.95 Å². The molecule has 6 nitrogen and oxygen atoms in total.